The van der Waals surface area contributed by atoms with Crippen LogP contribution in [0.5, 0.6) is 11.5 Å². The number of ether oxygens (including phenoxy) is 2. The summed E-state index contributed by atoms with van der Waals surface area (Å²) in [6, 6.07) is 13.6. The molecule has 1 N–H and O–H groups in total. The van der Waals surface area contributed by atoms with Gasteiger partial charge in [0, 0.05) is 18.2 Å². The lowest BCUT2D eigenvalue weighted by Crippen LogP contribution is -2.25. The molecule has 2 rings (SSSR count). The highest BCUT2D eigenvalue weighted by Crippen LogP contribution is 2.26. The highest BCUT2D eigenvalue weighted by molar-refractivity contribution is 5.77. The fourth-order valence-corrected chi connectivity index (χ4v) is 2.24. The van der Waals surface area contributed by atoms with E-state index < -0.39 is 0 Å². The molecule has 0 aliphatic heterocycles. The number of benzene rings is 2. The van der Waals surface area contributed by atoms with Crippen molar-refractivity contribution in [3.05, 3.63) is 59.4 Å². The van der Waals surface area contributed by atoms with Gasteiger partial charge in [0.2, 0.25) is 5.91 Å². The molecule has 130 valence electrons. The van der Waals surface area contributed by atoms with Crippen molar-refractivity contribution < 1.29 is 18.7 Å². The lowest BCUT2D eigenvalue weighted by atomic mass is 10.1. The quantitative estimate of drug-likeness (QED) is 0.800. The number of nitriles is 1. The molecule has 0 fully saturated rings. The van der Waals surface area contributed by atoms with Crippen LogP contribution in [0.25, 0.3) is 0 Å². The molecule has 0 aliphatic rings. The number of carbonyl (C=O) groups is 1. The van der Waals surface area contributed by atoms with Gasteiger partial charge in [0.15, 0.2) is 0 Å². The molecule has 2 aromatic rings. The highest BCUT2D eigenvalue weighted by Gasteiger charge is 2.09. The van der Waals surface area contributed by atoms with Gasteiger partial charge in [0.25, 0.3) is 0 Å². The first kappa shape index (κ1) is 18.3. The molecule has 0 unspecified atom stereocenters. The van der Waals surface area contributed by atoms with Gasteiger partial charge in [-0.25, -0.2) is 4.39 Å². The van der Waals surface area contributed by atoms with Crippen LogP contribution in [0.4, 0.5) is 4.39 Å². The van der Waals surface area contributed by atoms with E-state index in [0.29, 0.717) is 30.0 Å². The molecule has 0 heterocycles. The van der Waals surface area contributed by atoms with Gasteiger partial charge >= 0.3 is 0 Å². The summed E-state index contributed by atoms with van der Waals surface area (Å²) < 4.78 is 24.7. The first-order valence-corrected chi connectivity index (χ1v) is 7.81. The molecule has 0 aromatic heterocycles. The summed E-state index contributed by atoms with van der Waals surface area (Å²) in [6.07, 6.45) is 0.354. The lowest BCUT2D eigenvalue weighted by Gasteiger charge is -2.14. The fraction of sp³-hybridized carbons (Fsp3) is 0.263. The number of halogens is 1. The van der Waals surface area contributed by atoms with Gasteiger partial charge in [-0.2, -0.15) is 5.26 Å². The Balaban J connectivity index is 2.05. The van der Waals surface area contributed by atoms with E-state index in [1.807, 2.05) is 6.07 Å². The van der Waals surface area contributed by atoms with E-state index >= 15 is 0 Å². The van der Waals surface area contributed by atoms with Gasteiger partial charge in [-0.15, -0.1) is 0 Å². The summed E-state index contributed by atoms with van der Waals surface area (Å²) in [4.78, 5) is 11.3. The zero-order valence-corrected chi connectivity index (χ0v) is 13.9. The highest BCUT2D eigenvalue weighted by atomic mass is 19.1. The SMILES string of the molecule is COc1ccc(CCNC(=O)CC#N)c(OCc2ccccc2F)c1. The predicted octanol–water partition coefficient (Wildman–Crippen LogP) is 2.99. The molecule has 6 heteroatoms. The van der Waals surface area contributed by atoms with Gasteiger partial charge in [-0.1, -0.05) is 24.3 Å². The summed E-state index contributed by atoms with van der Waals surface area (Å²) in [5, 5.41) is 11.1. The van der Waals surface area contributed by atoms with Crippen LogP contribution in [0.1, 0.15) is 17.5 Å². The van der Waals surface area contributed by atoms with Crippen molar-refractivity contribution in [3.8, 4) is 17.6 Å². The van der Waals surface area contributed by atoms with E-state index in [9.17, 15) is 9.18 Å². The third-order valence-corrected chi connectivity index (χ3v) is 3.57. The molecule has 1 amide bonds. The second-order valence-electron chi connectivity index (χ2n) is 5.29. The summed E-state index contributed by atoms with van der Waals surface area (Å²) in [5.74, 6) is 0.554. The Morgan fingerprint density at radius 3 is 2.76 bits per heavy atom. The molecule has 0 radical (unpaired) electrons. The van der Waals surface area contributed by atoms with E-state index in [2.05, 4.69) is 5.32 Å². The number of nitrogens with one attached hydrogen (secondary N) is 1. The maximum atomic E-state index is 13.7. The molecule has 2 aromatic carbocycles. The molecule has 0 aliphatic carbocycles. The number of rotatable bonds is 8. The van der Waals surface area contributed by atoms with Crippen LogP contribution in [-0.4, -0.2) is 19.6 Å². The molecule has 5 nitrogen and oxygen atoms in total. The number of nitrogens with zero attached hydrogens (tertiary/aromatic N) is 1. The largest absolute Gasteiger partial charge is 0.497 e. The van der Waals surface area contributed by atoms with E-state index in [1.165, 1.54) is 6.07 Å². The van der Waals surface area contributed by atoms with Crippen LogP contribution in [0.2, 0.25) is 0 Å². The fourth-order valence-electron chi connectivity index (χ4n) is 2.24. The minimum Gasteiger partial charge on any atom is -0.497 e. The second kappa shape index (κ2) is 9.28. The van der Waals surface area contributed by atoms with Crippen molar-refractivity contribution in [2.45, 2.75) is 19.4 Å². The Kier molecular flexibility index (Phi) is 6.78. The monoisotopic (exact) mass is 342 g/mol. The lowest BCUT2D eigenvalue weighted by molar-refractivity contribution is -0.120. The van der Waals surface area contributed by atoms with Crippen LogP contribution < -0.4 is 14.8 Å². The predicted molar refractivity (Wildman–Crippen MR) is 90.7 cm³/mol. The third kappa shape index (κ3) is 5.50. The average Bonchev–Trinajstić information content (AvgIpc) is 2.62. The summed E-state index contributed by atoms with van der Waals surface area (Å²) >= 11 is 0. The molecule has 0 atom stereocenters. The summed E-state index contributed by atoms with van der Waals surface area (Å²) in [5.41, 5.74) is 1.31. The Bertz CT molecular complexity index is 772. The Morgan fingerprint density at radius 1 is 1.24 bits per heavy atom. The molecule has 0 saturated heterocycles. The van der Waals surface area contributed by atoms with Crippen molar-refractivity contribution in [1.82, 2.24) is 5.32 Å². The van der Waals surface area contributed by atoms with Crippen molar-refractivity contribution in [1.29, 1.82) is 5.26 Å². The standard InChI is InChI=1S/C19H19FN2O3/c1-24-16-7-6-14(9-11-22-19(23)8-10-21)18(12-16)25-13-15-4-2-3-5-17(15)20/h2-7,12H,8-9,11,13H2,1H3,(H,22,23). The molecule has 25 heavy (non-hydrogen) atoms. The van der Waals surface area contributed by atoms with E-state index in [0.717, 1.165) is 5.56 Å². The zero-order chi connectivity index (χ0) is 18.1. The molecule has 0 bridgehead atoms. The van der Waals surface area contributed by atoms with Crippen molar-refractivity contribution in [3.63, 3.8) is 0 Å². The Labute approximate surface area is 146 Å². The van der Waals surface area contributed by atoms with Gasteiger partial charge in [-0.05, 0) is 24.1 Å². The minimum absolute atomic E-state index is 0.0909. The van der Waals surface area contributed by atoms with Crippen LogP contribution in [0.3, 0.4) is 0 Å². The molecule has 0 spiro atoms. The Hall–Kier alpha value is -3.07. The van der Waals surface area contributed by atoms with Crippen molar-refractivity contribution in [2.75, 3.05) is 13.7 Å². The molecule has 0 saturated carbocycles. The van der Waals surface area contributed by atoms with Gasteiger partial charge in [-0.3, -0.25) is 4.79 Å². The van der Waals surface area contributed by atoms with Crippen LogP contribution >= 0.6 is 0 Å². The average molecular weight is 342 g/mol. The zero-order valence-electron chi connectivity index (χ0n) is 13.9. The number of hydrogen-bond donors (Lipinski definition) is 1. The topological polar surface area (TPSA) is 71.3 Å². The number of amides is 1. The summed E-state index contributed by atoms with van der Waals surface area (Å²) in [7, 11) is 1.55. The van der Waals surface area contributed by atoms with E-state index in [4.69, 9.17) is 14.7 Å². The van der Waals surface area contributed by atoms with E-state index in [-0.39, 0.29) is 24.8 Å². The van der Waals surface area contributed by atoms with E-state index in [1.54, 1.807) is 43.5 Å². The van der Waals surface area contributed by atoms with Crippen molar-refractivity contribution in [2.24, 2.45) is 0 Å². The number of carbonyl (C=O) groups excluding carboxylic acids is 1. The third-order valence-electron chi connectivity index (χ3n) is 3.57. The van der Waals surface area contributed by atoms with Crippen LogP contribution in [0, 0.1) is 17.1 Å². The number of hydrogen-bond acceptors (Lipinski definition) is 4. The second-order valence-corrected chi connectivity index (χ2v) is 5.29. The van der Waals surface area contributed by atoms with Crippen molar-refractivity contribution >= 4 is 5.91 Å². The normalized spacial score (nSPS) is 9.96. The molecular weight excluding hydrogens is 323 g/mol. The van der Waals surface area contributed by atoms with Crippen LogP contribution in [0.15, 0.2) is 42.5 Å². The smallest absolute Gasteiger partial charge is 0.234 e. The summed E-state index contributed by atoms with van der Waals surface area (Å²) in [6.45, 7) is 0.469. The number of methoxy groups -OCH3 is 1. The van der Waals surface area contributed by atoms with Gasteiger partial charge < -0.3 is 14.8 Å². The maximum absolute atomic E-state index is 13.7. The van der Waals surface area contributed by atoms with Gasteiger partial charge in [0.05, 0.1) is 13.2 Å². The first-order chi connectivity index (χ1) is 12.1. The first-order valence-electron chi connectivity index (χ1n) is 7.81. The molecular formula is C19H19FN2O3. The maximum Gasteiger partial charge on any atom is 0.234 e. The minimum atomic E-state index is -0.323. The van der Waals surface area contributed by atoms with Gasteiger partial charge in [0.1, 0.15) is 30.3 Å². The van der Waals surface area contributed by atoms with Crippen LogP contribution in [-0.2, 0) is 17.8 Å². The Morgan fingerprint density at radius 2 is 2.04 bits per heavy atom.